The molecule has 0 spiro atoms. The van der Waals surface area contributed by atoms with Crippen LogP contribution in [0.15, 0.2) is 12.1 Å². The Hall–Kier alpha value is -0.790. The number of primary amides is 1. The van der Waals surface area contributed by atoms with E-state index in [1.54, 1.807) is 29.5 Å². The fraction of sp³-hybridized carbons (Fsp3) is 0.222. The summed E-state index contributed by atoms with van der Waals surface area (Å²) < 4.78 is 38.0. The van der Waals surface area contributed by atoms with Crippen LogP contribution in [0, 0.1) is 10.5 Å². The van der Waals surface area contributed by atoms with Gasteiger partial charge in [0.15, 0.2) is 0 Å². The second-order valence-corrected chi connectivity index (χ2v) is 4.17. The highest BCUT2D eigenvalue weighted by Gasteiger charge is 2.35. The molecular weight excluding hydrogens is 322 g/mol. The fourth-order valence-electron chi connectivity index (χ4n) is 1.12. The van der Waals surface area contributed by atoms with Crippen molar-refractivity contribution in [1.82, 2.24) is 0 Å². The number of amides is 1. The Labute approximate surface area is 97.8 Å². The van der Waals surface area contributed by atoms with Crippen molar-refractivity contribution in [2.24, 2.45) is 5.73 Å². The molecule has 0 aliphatic heterocycles. The fourth-order valence-corrected chi connectivity index (χ4v) is 1.59. The molecule has 0 aliphatic rings. The van der Waals surface area contributed by atoms with Gasteiger partial charge in [0, 0.05) is 3.57 Å². The molecule has 1 aromatic rings. The lowest BCUT2D eigenvalue weighted by molar-refractivity contribution is -0.138. The van der Waals surface area contributed by atoms with Crippen LogP contribution in [0.1, 0.15) is 21.5 Å². The first-order chi connectivity index (χ1) is 6.73. The molecule has 2 N–H and O–H groups in total. The zero-order valence-electron chi connectivity index (χ0n) is 7.65. The number of alkyl halides is 3. The van der Waals surface area contributed by atoms with Gasteiger partial charge >= 0.3 is 6.18 Å². The first-order valence-corrected chi connectivity index (χ1v) is 4.98. The molecule has 0 heterocycles. The molecule has 0 atom stereocenters. The van der Waals surface area contributed by atoms with Crippen molar-refractivity contribution in [3.05, 3.63) is 32.4 Å². The van der Waals surface area contributed by atoms with Gasteiger partial charge < -0.3 is 5.73 Å². The van der Waals surface area contributed by atoms with Gasteiger partial charge in [0.25, 0.3) is 0 Å². The summed E-state index contributed by atoms with van der Waals surface area (Å²) in [5, 5.41) is 0. The van der Waals surface area contributed by atoms with Crippen LogP contribution in [0.25, 0.3) is 0 Å². The molecule has 0 saturated carbocycles. The molecule has 15 heavy (non-hydrogen) atoms. The number of carbonyl (C=O) groups excluding carboxylic acids is 1. The molecular formula is C9H7F3INO. The summed E-state index contributed by atoms with van der Waals surface area (Å²) in [7, 11) is 0. The summed E-state index contributed by atoms with van der Waals surface area (Å²) in [4.78, 5) is 10.9. The molecule has 0 unspecified atom stereocenters. The van der Waals surface area contributed by atoms with Crippen LogP contribution in [-0.4, -0.2) is 5.91 Å². The molecule has 6 heteroatoms. The minimum Gasteiger partial charge on any atom is -0.366 e. The van der Waals surface area contributed by atoms with Crippen molar-refractivity contribution < 1.29 is 18.0 Å². The first kappa shape index (κ1) is 12.3. The Balaban J connectivity index is 3.49. The van der Waals surface area contributed by atoms with Gasteiger partial charge in [0.2, 0.25) is 5.91 Å². The van der Waals surface area contributed by atoms with E-state index in [0.717, 1.165) is 12.1 Å². The number of rotatable bonds is 1. The Morgan fingerprint density at radius 2 is 1.93 bits per heavy atom. The van der Waals surface area contributed by atoms with Gasteiger partial charge in [-0.2, -0.15) is 13.2 Å². The lowest BCUT2D eigenvalue weighted by atomic mass is 10.0. The van der Waals surface area contributed by atoms with Gasteiger partial charge in [-0.25, -0.2) is 0 Å². The zero-order chi connectivity index (χ0) is 11.8. The van der Waals surface area contributed by atoms with Crippen molar-refractivity contribution in [1.29, 1.82) is 0 Å². The predicted octanol–water partition coefficient (Wildman–Crippen LogP) is 2.72. The Bertz CT molecular complexity index is 415. The SMILES string of the molecule is Cc1cc(C(N)=O)c(C(F)(F)F)cc1I. The molecule has 0 saturated heterocycles. The molecule has 0 aliphatic carbocycles. The summed E-state index contributed by atoms with van der Waals surface area (Å²) in [5.41, 5.74) is 4.02. The Kier molecular flexibility index (Phi) is 3.27. The molecule has 0 aromatic heterocycles. The number of carbonyl (C=O) groups is 1. The number of halogens is 4. The third kappa shape index (κ3) is 2.61. The smallest absolute Gasteiger partial charge is 0.366 e. The van der Waals surface area contributed by atoms with Crippen LogP contribution in [0.4, 0.5) is 13.2 Å². The number of hydrogen-bond acceptors (Lipinski definition) is 1. The zero-order valence-corrected chi connectivity index (χ0v) is 9.81. The summed E-state index contributed by atoms with van der Waals surface area (Å²) in [5.74, 6) is -1.07. The average Bonchev–Trinajstić information content (AvgIpc) is 2.06. The molecule has 2 nitrogen and oxygen atoms in total. The standard InChI is InChI=1S/C9H7F3INO/c1-4-2-5(8(14)15)6(3-7(4)13)9(10,11)12/h2-3H,1H3,(H2,14,15). The molecule has 0 bridgehead atoms. The van der Waals surface area contributed by atoms with Crippen molar-refractivity contribution in [2.45, 2.75) is 13.1 Å². The topological polar surface area (TPSA) is 43.1 Å². The number of benzene rings is 1. The van der Waals surface area contributed by atoms with Gasteiger partial charge in [-0.05, 0) is 47.2 Å². The van der Waals surface area contributed by atoms with E-state index >= 15 is 0 Å². The van der Waals surface area contributed by atoms with Crippen LogP contribution in [-0.2, 0) is 6.18 Å². The molecule has 0 radical (unpaired) electrons. The first-order valence-electron chi connectivity index (χ1n) is 3.90. The van der Waals surface area contributed by atoms with E-state index in [4.69, 9.17) is 5.73 Å². The van der Waals surface area contributed by atoms with E-state index < -0.39 is 23.2 Å². The molecule has 1 aromatic carbocycles. The van der Waals surface area contributed by atoms with Crippen LogP contribution < -0.4 is 5.73 Å². The maximum absolute atomic E-state index is 12.5. The number of hydrogen-bond donors (Lipinski definition) is 1. The highest BCUT2D eigenvalue weighted by atomic mass is 127. The summed E-state index contributed by atoms with van der Waals surface area (Å²) in [6.45, 7) is 1.62. The van der Waals surface area contributed by atoms with Gasteiger partial charge in [-0.1, -0.05) is 0 Å². The van der Waals surface area contributed by atoms with Crippen LogP contribution in [0.2, 0.25) is 0 Å². The minimum absolute atomic E-state index is 0.449. The highest BCUT2D eigenvalue weighted by Crippen LogP contribution is 2.33. The Morgan fingerprint density at radius 1 is 1.40 bits per heavy atom. The minimum atomic E-state index is -4.56. The van der Waals surface area contributed by atoms with E-state index in [1.165, 1.54) is 0 Å². The normalized spacial score (nSPS) is 11.5. The number of nitrogens with two attached hydrogens (primary N) is 1. The molecule has 82 valence electrons. The molecule has 1 rings (SSSR count). The summed E-state index contributed by atoms with van der Waals surface area (Å²) in [6.07, 6.45) is -4.56. The summed E-state index contributed by atoms with van der Waals surface area (Å²) >= 11 is 1.78. The van der Waals surface area contributed by atoms with Crippen molar-refractivity contribution in [3.63, 3.8) is 0 Å². The van der Waals surface area contributed by atoms with Gasteiger partial charge in [-0.15, -0.1) is 0 Å². The van der Waals surface area contributed by atoms with Gasteiger partial charge in [0.1, 0.15) is 0 Å². The summed E-state index contributed by atoms with van der Waals surface area (Å²) in [6, 6.07) is 2.09. The third-order valence-corrected chi connectivity index (χ3v) is 3.03. The van der Waals surface area contributed by atoms with Crippen molar-refractivity contribution in [2.75, 3.05) is 0 Å². The lowest BCUT2D eigenvalue weighted by Crippen LogP contribution is -2.19. The Morgan fingerprint density at radius 3 is 2.33 bits per heavy atom. The van der Waals surface area contributed by atoms with Crippen LogP contribution >= 0.6 is 22.6 Å². The monoisotopic (exact) mass is 329 g/mol. The maximum atomic E-state index is 12.5. The van der Waals surface area contributed by atoms with E-state index in [0.29, 0.717) is 9.13 Å². The maximum Gasteiger partial charge on any atom is 0.417 e. The lowest BCUT2D eigenvalue weighted by Gasteiger charge is -2.12. The predicted molar refractivity (Wildman–Crippen MR) is 57.4 cm³/mol. The van der Waals surface area contributed by atoms with Gasteiger partial charge in [0.05, 0.1) is 11.1 Å². The van der Waals surface area contributed by atoms with E-state index in [9.17, 15) is 18.0 Å². The second-order valence-electron chi connectivity index (χ2n) is 3.01. The van der Waals surface area contributed by atoms with E-state index in [2.05, 4.69) is 0 Å². The second kappa shape index (κ2) is 3.99. The van der Waals surface area contributed by atoms with Crippen LogP contribution in [0.5, 0.6) is 0 Å². The van der Waals surface area contributed by atoms with Crippen LogP contribution in [0.3, 0.4) is 0 Å². The van der Waals surface area contributed by atoms with Crippen molar-refractivity contribution in [3.8, 4) is 0 Å². The average molecular weight is 329 g/mol. The molecule has 0 fully saturated rings. The quantitative estimate of drug-likeness (QED) is 0.791. The van der Waals surface area contributed by atoms with Crippen molar-refractivity contribution >= 4 is 28.5 Å². The highest BCUT2D eigenvalue weighted by molar-refractivity contribution is 14.1. The molecule has 1 amide bonds. The van der Waals surface area contributed by atoms with Gasteiger partial charge in [-0.3, -0.25) is 4.79 Å². The third-order valence-electron chi connectivity index (χ3n) is 1.87. The van der Waals surface area contributed by atoms with E-state index in [1.807, 2.05) is 0 Å². The largest absolute Gasteiger partial charge is 0.417 e. The van der Waals surface area contributed by atoms with E-state index in [-0.39, 0.29) is 0 Å². The number of aryl methyl sites for hydroxylation is 1.